The summed E-state index contributed by atoms with van der Waals surface area (Å²) in [6, 6.07) is 23.4. The number of ether oxygens (including phenoxy) is 1. The van der Waals surface area contributed by atoms with E-state index in [0.29, 0.717) is 27.8 Å². The zero-order valence-electron chi connectivity index (χ0n) is 13.6. The topological polar surface area (TPSA) is 50.4 Å². The first kappa shape index (κ1) is 17.9. The van der Waals surface area contributed by atoms with E-state index in [1.807, 2.05) is 36.4 Å². The fourth-order valence-corrected chi connectivity index (χ4v) is 2.64. The van der Waals surface area contributed by atoms with Gasteiger partial charge in [-0.3, -0.25) is 10.1 Å². The summed E-state index contributed by atoms with van der Waals surface area (Å²) in [5.74, 6) is 0.859. The first-order valence-corrected chi connectivity index (χ1v) is 8.61. The highest BCUT2D eigenvalue weighted by atomic mass is 35.5. The van der Waals surface area contributed by atoms with E-state index >= 15 is 0 Å². The third-order valence-electron chi connectivity index (χ3n) is 3.45. The van der Waals surface area contributed by atoms with Crippen LogP contribution >= 0.6 is 23.8 Å². The number of para-hydroxylation sites is 2. The number of carbonyl (C=O) groups excluding carboxylic acids is 1. The standard InChI is InChI=1S/C20H15ClN2O2S/c21-16-12-7-13-17(25-15-10-5-2-6-11-15)18(16)22-20(26)23-19(24)14-8-3-1-4-9-14/h1-13H,(H2,22,23,24,26). The molecule has 0 fully saturated rings. The second-order valence-corrected chi connectivity index (χ2v) is 6.12. The quantitative estimate of drug-likeness (QED) is 0.604. The molecule has 0 spiro atoms. The van der Waals surface area contributed by atoms with Crippen molar-refractivity contribution < 1.29 is 9.53 Å². The highest BCUT2D eigenvalue weighted by Crippen LogP contribution is 2.35. The van der Waals surface area contributed by atoms with Gasteiger partial charge in [-0.2, -0.15) is 0 Å². The monoisotopic (exact) mass is 382 g/mol. The zero-order valence-corrected chi connectivity index (χ0v) is 15.2. The molecule has 0 aliphatic rings. The predicted molar refractivity (Wildman–Crippen MR) is 108 cm³/mol. The Hall–Kier alpha value is -2.89. The lowest BCUT2D eigenvalue weighted by Gasteiger charge is -2.15. The van der Waals surface area contributed by atoms with Gasteiger partial charge in [0.15, 0.2) is 10.9 Å². The van der Waals surface area contributed by atoms with Crippen LogP contribution in [0.15, 0.2) is 78.9 Å². The van der Waals surface area contributed by atoms with Crippen LogP contribution in [-0.4, -0.2) is 11.0 Å². The van der Waals surface area contributed by atoms with E-state index in [2.05, 4.69) is 10.6 Å². The van der Waals surface area contributed by atoms with Crippen LogP contribution in [0.3, 0.4) is 0 Å². The van der Waals surface area contributed by atoms with Crippen LogP contribution in [0.1, 0.15) is 10.4 Å². The Labute approximate surface area is 161 Å². The second kappa shape index (κ2) is 8.47. The normalized spacial score (nSPS) is 10.0. The third-order valence-corrected chi connectivity index (χ3v) is 3.97. The Morgan fingerprint density at radius 1 is 0.885 bits per heavy atom. The SMILES string of the molecule is O=C(NC(=S)Nc1c(Cl)cccc1Oc1ccccc1)c1ccccc1. The maximum Gasteiger partial charge on any atom is 0.257 e. The van der Waals surface area contributed by atoms with E-state index < -0.39 is 0 Å². The van der Waals surface area contributed by atoms with E-state index in [0.717, 1.165) is 0 Å². The Kier molecular flexibility index (Phi) is 5.84. The largest absolute Gasteiger partial charge is 0.455 e. The van der Waals surface area contributed by atoms with Crippen molar-refractivity contribution in [1.82, 2.24) is 5.32 Å². The highest BCUT2D eigenvalue weighted by molar-refractivity contribution is 7.80. The van der Waals surface area contributed by atoms with Gasteiger partial charge in [0.1, 0.15) is 11.4 Å². The van der Waals surface area contributed by atoms with Crippen LogP contribution in [0.25, 0.3) is 0 Å². The van der Waals surface area contributed by atoms with Gasteiger partial charge in [0.05, 0.1) is 5.02 Å². The Bertz CT molecular complexity index is 918. The number of amides is 1. The molecule has 0 unspecified atom stereocenters. The van der Waals surface area contributed by atoms with Gasteiger partial charge in [-0.15, -0.1) is 0 Å². The minimum Gasteiger partial charge on any atom is -0.455 e. The number of anilines is 1. The van der Waals surface area contributed by atoms with Crippen molar-refractivity contribution in [3.05, 3.63) is 89.4 Å². The minimum atomic E-state index is -0.305. The van der Waals surface area contributed by atoms with Crippen molar-refractivity contribution in [2.75, 3.05) is 5.32 Å². The molecule has 130 valence electrons. The molecule has 0 saturated carbocycles. The van der Waals surface area contributed by atoms with Crippen molar-refractivity contribution in [3.8, 4) is 11.5 Å². The van der Waals surface area contributed by atoms with E-state index in [1.165, 1.54) is 0 Å². The van der Waals surface area contributed by atoms with Crippen LogP contribution in [0.5, 0.6) is 11.5 Å². The van der Waals surface area contributed by atoms with Gasteiger partial charge in [0.25, 0.3) is 5.91 Å². The summed E-state index contributed by atoms with van der Waals surface area (Å²) >= 11 is 11.5. The molecule has 0 heterocycles. The van der Waals surface area contributed by atoms with Crippen LogP contribution in [0.2, 0.25) is 5.02 Å². The summed E-state index contributed by atoms with van der Waals surface area (Å²) in [5.41, 5.74) is 0.993. The van der Waals surface area contributed by atoms with Crippen LogP contribution < -0.4 is 15.4 Å². The molecule has 0 aliphatic heterocycles. The van der Waals surface area contributed by atoms with Crippen molar-refractivity contribution in [1.29, 1.82) is 0 Å². The number of carbonyl (C=O) groups is 1. The first-order chi connectivity index (χ1) is 12.6. The molecule has 0 aromatic heterocycles. The smallest absolute Gasteiger partial charge is 0.257 e. The molecule has 0 aliphatic carbocycles. The van der Waals surface area contributed by atoms with Gasteiger partial charge in [-0.25, -0.2) is 0 Å². The van der Waals surface area contributed by atoms with E-state index in [-0.39, 0.29) is 11.0 Å². The second-order valence-electron chi connectivity index (χ2n) is 5.30. The minimum absolute atomic E-state index is 0.130. The van der Waals surface area contributed by atoms with Gasteiger partial charge in [0.2, 0.25) is 0 Å². The Morgan fingerprint density at radius 3 is 2.23 bits per heavy atom. The molecule has 6 heteroatoms. The average Bonchev–Trinajstić information content (AvgIpc) is 2.66. The van der Waals surface area contributed by atoms with Crippen LogP contribution in [0.4, 0.5) is 5.69 Å². The molecule has 3 aromatic rings. The number of nitrogens with one attached hydrogen (secondary N) is 2. The molecule has 3 rings (SSSR count). The molecule has 0 radical (unpaired) electrons. The number of rotatable bonds is 4. The molecule has 3 aromatic carbocycles. The molecule has 26 heavy (non-hydrogen) atoms. The molecular weight excluding hydrogens is 368 g/mol. The summed E-state index contributed by atoms with van der Waals surface area (Å²) in [5, 5.41) is 6.13. The van der Waals surface area contributed by atoms with Crippen molar-refractivity contribution >= 4 is 40.5 Å². The summed E-state index contributed by atoms with van der Waals surface area (Å²) in [7, 11) is 0. The van der Waals surface area contributed by atoms with E-state index in [9.17, 15) is 4.79 Å². The lowest BCUT2D eigenvalue weighted by molar-refractivity contribution is 0.0977. The van der Waals surface area contributed by atoms with Gasteiger partial charge < -0.3 is 10.1 Å². The number of hydrogen-bond donors (Lipinski definition) is 2. The number of hydrogen-bond acceptors (Lipinski definition) is 3. The molecule has 4 nitrogen and oxygen atoms in total. The predicted octanol–water partition coefficient (Wildman–Crippen LogP) is 5.26. The first-order valence-electron chi connectivity index (χ1n) is 7.82. The molecule has 0 atom stereocenters. The maximum absolute atomic E-state index is 12.2. The van der Waals surface area contributed by atoms with Crippen molar-refractivity contribution in [3.63, 3.8) is 0 Å². The Morgan fingerprint density at radius 2 is 1.54 bits per heavy atom. The summed E-state index contributed by atoms with van der Waals surface area (Å²) in [4.78, 5) is 12.2. The van der Waals surface area contributed by atoms with Crippen LogP contribution in [0, 0.1) is 0 Å². The van der Waals surface area contributed by atoms with E-state index in [1.54, 1.807) is 42.5 Å². The van der Waals surface area contributed by atoms with Gasteiger partial charge >= 0.3 is 0 Å². The van der Waals surface area contributed by atoms with Crippen LogP contribution in [-0.2, 0) is 0 Å². The fourth-order valence-electron chi connectivity index (χ4n) is 2.24. The summed E-state index contributed by atoms with van der Waals surface area (Å²) in [6.07, 6.45) is 0. The van der Waals surface area contributed by atoms with Crippen molar-refractivity contribution in [2.24, 2.45) is 0 Å². The molecule has 0 saturated heterocycles. The molecular formula is C20H15ClN2O2S. The highest BCUT2D eigenvalue weighted by Gasteiger charge is 2.13. The van der Waals surface area contributed by atoms with Crippen molar-refractivity contribution in [2.45, 2.75) is 0 Å². The maximum atomic E-state index is 12.2. The zero-order chi connectivity index (χ0) is 18.4. The van der Waals surface area contributed by atoms with Gasteiger partial charge in [-0.1, -0.05) is 54.1 Å². The summed E-state index contributed by atoms with van der Waals surface area (Å²) < 4.78 is 5.86. The van der Waals surface area contributed by atoms with E-state index in [4.69, 9.17) is 28.6 Å². The fraction of sp³-hybridized carbons (Fsp3) is 0. The number of thiocarbonyl (C=S) groups is 1. The third kappa shape index (κ3) is 4.59. The van der Waals surface area contributed by atoms with Gasteiger partial charge in [0, 0.05) is 5.56 Å². The molecule has 1 amide bonds. The lowest BCUT2D eigenvalue weighted by Crippen LogP contribution is -2.34. The number of benzene rings is 3. The lowest BCUT2D eigenvalue weighted by atomic mass is 10.2. The summed E-state index contributed by atoms with van der Waals surface area (Å²) in [6.45, 7) is 0. The van der Waals surface area contributed by atoms with Gasteiger partial charge in [-0.05, 0) is 48.6 Å². The molecule has 2 N–H and O–H groups in total. The number of halogens is 1. The Balaban J connectivity index is 1.74. The molecule has 0 bridgehead atoms. The average molecular weight is 383 g/mol.